The summed E-state index contributed by atoms with van der Waals surface area (Å²) in [4.78, 5) is 29.5. The largest absolute Gasteiger partial charge is 0.431 e. The third-order valence-corrected chi connectivity index (χ3v) is 6.63. The summed E-state index contributed by atoms with van der Waals surface area (Å²) in [5, 5.41) is 2.75. The smallest absolute Gasteiger partial charge is 0.381 e. The van der Waals surface area contributed by atoms with Crippen molar-refractivity contribution in [3.05, 3.63) is 0 Å². The van der Waals surface area contributed by atoms with Gasteiger partial charge in [-0.1, -0.05) is 0 Å². The molecule has 0 aromatic rings. The van der Waals surface area contributed by atoms with E-state index in [0.717, 1.165) is 45.3 Å². The Hall–Kier alpha value is -1.30. The van der Waals surface area contributed by atoms with Gasteiger partial charge in [0.15, 0.2) is 0 Å². The summed E-state index contributed by atoms with van der Waals surface area (Å²) >= 11 is 0. The van der Waals surface area contributed by atoms with Crippen LogP contribution in [0.2, 0.25) is 0 Å². The number of rotatable bonds is 3. The number of hydroxylamine groups is 1. The van der Waals surface area contributed by atoms with Crippen molar-refractivity contribution in [3.63, 3.8) is 0 Å². The Labute approximate surface area is 143 Å². The van der Waals surface area contributed by atoms with Crippen LogP contribution >= 0.6 is 0 Å². The maximum atomic E-state index is 12.7. The highest BCUT2D eigenvalue weighted by atomic mass is 16.7. The van der Waals surface area contributed by atoms with Crippen molar-refractivity contribution in [3.8, 4) is 0 Å². The third-order valence-electron chi connectivity index (χ3n) is 6.63. The van der Waals surface area contributed by atoms with Gasteiger partial charge in [0.25, 0.3) is 5.91 Å². The minimum atomic E-state index is -0.556. The summed E-state index contributed by atoms with van der Waals surface area (Å²) in [5.41, 5.74) is 2.17. The molecule has 0 aromatic heterocycles. The number of hydrogen-bond donors (Lipinski definition) is 2. The molecule has 0 unspecified atom stereocenters. The minimum absolute atomic E-state index is 0.0807. The van der Waals surface area contributed by atoms with E-state index in [-0.39, 0.29) is 11.3 Å². The molecule has 0 radical (unpaired) electrons. The van der Waals surface area contributed by atoms with Gasteiger partial charge >= 0.3 is 6.09 Å². The maximum Gasteiger partial charge on any atom is 0.431 e. The van der Waals surface area contributed by atoms with E-state index in [1.165, 1.54) is 19.3 Å². The predicted molar refractivity (Wildman–Crippen MR) is 86.8 cm³/mol. The number of ether oxygens (including phenoxy) is 1. The van der Waals surface area contributed by atoms with Crippen LogP contribution in [0.25, 0.3) is 0 Å². The van der Waals surface area contributed by atoms with Gasteiger partial charge in [-0.15, -0.1) is 0 Å². The predicted octanol–water partition coefficient (Wildman–Crippen LogP) is 2.39. The van der Waals surface area contributed by atoms with Gasteiger partial charge in [0, 0.05) is 19.8 Å². The zero-order valence-electron chi connectivity index (χ0n) is 14.2. The first kappa shape index (κ1) is 16.2. The normalized spacial score (nSPS) is 37.9. The monoisotopic (exact) mass is 336 g/mol. The van der Waals surface area contributed by atoms with Crippen molar-refractivity contribution in [1.82, 2.24) is 10.8 Å². The zero-order chi connectivity index (χ0) is 16.6. The highest BCUT2D eigenvalue weighted by Crippen LogP contribution is 2.60. The number of amides is 2. The van der Waals surface area contributed by atoms with E-state index in [0.29, 0.717) is 30.2 Å². The molecule has 4 bridgehead atoms. The molecule has 134 valence electrons. The van der Waals surface area contributed by atoms with Crippen molar-refractivity contribution in [1.29, 1.82) is 0 Å². The molecule has 2 N–H and O–H groups in total. The van der Waals surface area contributed by atoms with E-state index >= 15 is 0 Å². The fourth-order valence-electron chi connectivity index (χ4n) is 5.80. The van der Waals surface area contributed by atoms with Crippen LogP contribution in [0.3, 0.4) is 0 Å². The van der Waals surface area contributed by atoms with Crippen LogP contribution in [0, 0.1) is 29.1 Å². The summed E-state index contributed by atoms with van der Waals surface area (Å²) < 4.78 is 5.30. The molecular weight excluding hydrogens is 308 g/mol. The van der Waals surface area contributed by atoms with E-state index in [9.17, 15) is 9.59 Å². The van der Waals surface area contributed by atoms with Gasteiger partial charge in [-0.05, 0) is 75.0 Å². The van der Waals surface area contributed by atoms with Gasteiger partial charge in [0.1, 0.15) is 0 Å². The number of carbonyl (C=O) groups excluding carboxylic acids is 2. The highest BCUT2D eigenvalue weighted by Gasteiger charge is 2.54. The second-order valence-electron chi connectivity index (χ2n) is 8.46. The summed E-state index contributed by atoms with van der Waals surface area (Å²) in [6, 6.07) is 0. The van der Waals surface area contributed by atoms with E-state index < -0.39 is 6.09 Å². The zero-order valence-corrected chi connectivity index (χ0v) is 14.2. The van der Waals surface area contributed by atoms with Gasteiger partial charge in [-0.2, -0.15) is 5.48 Å². The molecule has 5 fully saturated rings. The van der Waals surface area contributed by atoms with Crippen LogP contribution < -0.4 is 10.8 Å². The van der Waals surface area contributed by atoms with Gasteiger partial charge < -0.3 is 14.9 Å². The molecule has 4 saturated carbocycles. The van der Waals surface area contributed by atoms with Crippen molar-refractivity contribution in [2.45, 2.75) is 51.4 Å². The highest BCUT2D eigenvalue weighted by molar-refractivity contribution is 5.83. The number of nitrogens with one attached hydrogen (secondary N) is 2. The van der Waals surface area contributed by atoms with Gasteiger partial charge in [0.2, 0.25) is 0 Å². The first-order valence-electron chi connectivity index (χ1n) is 9.46. The molecule has 0 spiro atoms. The van der Waals surface area contributed by atoms with E-state index in [2.05, 4.69) is 10.8 Å². The Balaban J connectivity index is 1.24. The first-order valence-corrected chi connectivity index (χ1v) is 9.46. The second-order valence-corrected chi connectivity index (χ2v) is 8.46. The number of carbonyl (C=O) groups is 2. The second kappa shape index (κ2) is 6.54. The molecular formula is C18H28N2O4. The van der Waals surface area contributed by atoms with E-state index in [4.69, 9.17) is 9.57 Å². The lowest BCUT2D eigenvalue weighted by Gasteiger charge is -2.55. The quantitative estimate of drug-likeness (QED) is 0.776. The lowest BCUT2D eigenvalue weighted by atomic mass is 9.49. The molecule has 1 aliphatic heterocycles. The fourth-order valence-corrected chi connectivity index (χ4v) is 5.80. The summed E-state index contributed by atoms with van der Waals surface area (Å²) in [7, 11) is 0. The Kier molecular flexibility index (Phi) is 4.41. The van der Waals surface area contributed by atoms with Crippen LogP contribution in [-0.4, -0.2) is 31.8 Å². The Morgan fingerprint density at radius 2 is 1.58 bits per heavy atom. The van der Waals surface area contributed by atoms with Crippen LogP contribution in [0.1, 0.15) is 51.4 Å². The lowest BCUT2D eigenvalue weighted by Crippen LogP contribution is -2.54. The molecule has 5 rings (SSSR count). The average Bonchev–Trinajstić information content (AvgIpc) is 2.57. The van der Waals surface area contributed by atoms with Gasteiger partial charge in [0.05, 0.1) is 5.41 Å². The third kappa shape index (κ3) is 3.25. The molecule has 5 aliphatic rings. The molecule has 4 aliphatic carbocycles. The SMILES string of the molecule is O=C(NCC1CCOCC1)ONC(=O)C12CC3CC(CC(C3)C1)C2. The average molecular weight is 336 g/mol. The first-order chi connectivity index (χ1) is 11.6. The molecule has 1 saturated heterocycles. The standard InChI is InChI=1S/C18H28N2O4/c21-16(18-8-13-5-14(9-18)7-15(6-13)10-18)20-24-17(22)19-11-12-1-3-23-4-2-12/h12-15H,1-11H2,(H,19,22)(H,20,21). The van der Waals surface area contributed by atoms with Crippen LogP contribution in [0.4, 0.5) is 4.79 Å². The molecule has 6 nitrogen and oxygen atoms in total. The molecule has 2 amide bonds. The minimum Gasteiger partial charge on any atom is -0.381 e. The Bertz CT molecular complexity index is 466. The Morgan fingerprint density at radius 1 is 1.00 bits per heavy atom. The van der Waals surface area contributed by atoms with Crippen molar-refractivity contribution in [2.24, 2.45) is 29.1 Å². The van der Waals surface area contributed by atoms with E-state index in [1.54, 1.807) is 0 Å². The van der Waals surface area contributed by atoms with Crippen LogP contribution in [0.15, 0.2) is 0 Å². The fraction of sp³-hybridized carbons (Fsp3) is 0.889. The summed E-state index contributed by atoms with van der Waals surface area (Å²) in [6.45, 7) is 2.09. The summed E-state index contributed by atoms with van der Waals surface area (Å²) in [6.07, 6.45) is 8.14. The molecule has 0 aromatic carbocycles. The lowest BCUT2D eigenvalue weighted by molar-refractivity contribution is -0.155. The molecule has 1 heterocycles. The van der Waals surface area contributed by atoms with Crippen molar-refractivity contribution in [2.75, 3.05) is 19.8 Å². The Morgan fingerprint density at radius 3 is 2.17 bits per heavy atom. The molecule has 6 heteroatoms. The molecule has 0 atom stereocenters. The van der Waals surface area contributed by atoms with Crippen molar-refractivity contribution < 1.29 is 19.2 Å². The number of hydrogen-bond acceptors (Lipinski definition) is 4. The van der Waals surface area contributed by atoms with Crippen LogP contribution in [0.5, 0.6) is 0 Å². The van der Waals surface area contributed by atoms with E-state index in [1.807, 2.05) is 0 Å². The summed E-state index contributed by atoms with van der Waals surface area (Å²) in [5.74, 6) is 2.45. The molecule has 24 heavy (non-hydrogen) atoms. The maximum absolute atomic E-state index is 12.7. The van der Waals surface area contributed by atoms with Crippen LogP contribution in [-0.2, 0) is 14.4 Å². The van der Waals surface area contributed by atoms with Gasteiger partial charge in [-0.3, -0.25) is 4.79 Å². The van der Waals surface area contributed by atoms with Crippen molar-refractivity contribution >= 4 is 12.0 Å². The topological polar surface area (TPSA) is 76.7 Å². The van der Waals surface area contributed by atoms with Gasteiger partial charge in [-0.25, -0.2) is 4.79 Å².